The first-order valence-electron chi connectivity index (χ1n) is 9.03. The first kappa shape index (κ1) is 19.1. The molecule has 4 rings (SSSR count). The van der Waals surface area contributed by atoms with Crippen molar-refractivity contribution in [1.82, 2.24) is 14.9 Å². The standard InChI is InChI=1S/C20H21N5O3S/c1-12-22-23-20-25(12)24-17(13-4-8-15(27-2)9-5-13)18(29-20)19(26)21-14-6-10-16(28-3)11-7-14/h4-11,17-18,24H,1-3H3,(H,21,26)/t17-,18-/m1/s1. The summed E-state index contributed by atoms with van der Waals surface area (Å²) in [6, 6.07) is 14.6. The number of benzene rings is 2. The highest BCUT2D eigenvalue weighted by Crippen LogP contribution is 2.38. The van der Waals surface area contributed by atoms with Crippen LogP contribution in [0.5, 0.6) is 11.5 Å². The van der Waals surface area contributed by atoms with E-state index in [2.05, 4.69) is 20.9 Å². The second kappa shape index (κ2) is 8.04. The normalized spacial score (nSPS) is 17.8. The Kier molecular flexibility index (Phi) is 5.30. The number of hydrogen-bond acceptors (Lipinski definition) is 7. The first-order valence-corrected chi connectivity index (χ1v) is 9.91. The third-order valence-corrected chi connectivity index (χ3v) is 5.90. The molecule has 1 aliphatic heterocycles. The number of amides is 1. The molecule has 2 aromatic carbocycles. The SMILES string of the molecule is COc1ccc(NC(=O)[C@@H]2Sc3nnc(C)n3N[C@@H]2c2ccc(OC)cc2)cc1. The molecule has 0 radical (unpaired) electrons. The van der Waals surface area contributed by atoms with Crippen LogP contribution >= 0.6 is 11.8 Å². The second-order valence-corrected chi connectivity index (χ2v) is 7.61. The van der Waals surface area contributed by atoms with E-state index in [0.29, 0.717) is 10.8 Å². The van der Waals surface area contributed by atoms with Crippen LogP contribution in [0.2, 0.25) is 0 Å². The van der Waals surface area contributed by atoms with Gasteiger partial charge >= 0.3 is 0 Å². The van der Waals surface area contributed by atoms with Gasteiger partial charge in [-0.15, -0.1) is 10.2 Å². The van der Waals surface area contributed by atoms with Crippen LogP contribution in [0.1, 0.15) is 17.4 Å². The van der Waals surface area contributed by atoms with Crippen LogP contribution in [0.15, 0.2) is 53.7 Å². The molecule has 1 aromatic heterocycles. The molecule has 3 aromatic rings. The van der Waals surface area contributed by atoms with Gasteiger partial charge in [0.1, 0.15) is 22.6 Å². The lowest BCUT2D eigenvalue weighted by atomic mass is 10.0. The van der Waals surface area contributed by atoms with Crippen molar-refractivity contribution in [1.29, 1.82) is 0 Å². The lowest BCUT2D eigenvalue weighted by Crippen LogP contribution is -2.41. The number of nitrogens with zero attached hydrogens (tertiary/aromatic N) is 3. The number of nitrogens with one attached hydrogen (secondary N) is 2. The Balaban J connectivity index is 1.62. The molecule has 0 saturated heterocycles. The van der Waals surface area contributed by atoms with Crippen molar-refractivity contribution >= 4 is 23.4 Å². The maximum absolute atomic E-state index is 13.2. The second-order valence-electron chi connectivity index (χ2n) is 6.50. The first-order chi connectivity index (χ1) is 14.1. The number of ether oxygens (including phenoxy) is 2. The predicted molar refractivity (Wildman–Crippen MR) is 111 cm³/mol. The fourth-order valence-electron chi connectivity index (χ4n) is 3.11. The Morgan fingerprint density at radius 1 is 1.03 bits per heavy atom. The van der Waals surface area contributed by atoms with E-state index in [1.807, 2.05) is 60.1 Å². The zero-order chi connectivity index (χ0) is 20.4. The number of thioether (sulfide) groups is 1. The molecule has 0 spiro atoms. The maximum atomic E-state index is 13.2. The lowest BCUT2D eigenvalue weighted by molar-refractivity contribution is -0.116. The van der Waals surface area contributed by atoms with E-state index >= 15 is 0 Å². The minimum atomic E-state index is -0.443. The third-order valence-electron chi connectivity index (χ3n) is 4.69. The minimum Gasteiger partial charge on any atom is -0.497 e. The highest BCUT2D eigenvalue weighted by molar-refractivity contribution is 8.00. The zero-order valence-corrected chi connectivity index (χ0v) is 17.1. The fraction of sp³-hybridized carbons (Fsp3) is 0.250. The highest BCUT2D eigenvalue weighted by atomic mass is 32.2. The number of carbonyl (C=O) groups is 1. The lowest BCUT2D eigenvalue weighted by Gasteiger charge is -2.32. The molecule has 2 atom stereocenters. The third kappa shape index (κ3) is 3.86. The van der Waals surface area contributed by atoms with Crippen molar-refractivity contribution in [2.24, 2.45) is 0 Å². The van der Waals surface area contributed by atoms with Gasteiger partial charge in [0, 0.05) is 5.69 Å². The number of anilines is 1. The van der Waals surface area contributed by atoms with E-state index in [4.69, 9.17) is 9.47 Å². The Labute approximate surface area is 172 Å². The number of hydrogen-bond donors (Lipinski definition) is 2. The van der Waals surface area contributed by atoms with Gasteiger partial charge in [-0.05, 0) is 48.9 Å². The molecule has 29 heavy (non-hydrogen) atoms. The molecule has 9 heteroatoms. The van der Waals surface area contributed by atoms with Gasteiger partial charge in [-0.25, -0.2) is 4.68 Å². The van der Waals surface area contributed by atoms with Crippen molar-refractivity contribution in [3.63, 3.8) is 0 Å². The molecule has 2 heterocycles. The van der Waals surface area contributed by atoms with Crippen molar-refractivity contribution in [3.05, 3.63) is 59.9 Å². The molecule has 0 unspecified atom stereocenters. The van der Waals surface area contributed by atoms with Crippen molar-refractivity contribution in [3.8, 4) is 11.5 Å². The van der Waals surface area contributed by atoms with Gasteiger partial charge in [-0.1, -0.05) is 23.9 Å². The molecule has 8 nitrogen and oxygen atoms in total. The van der Waals surface area contributed by atoms with Gasteiger partial charge < -0.3 is 20.2 Å². The van der Waals surface area contributed by atoms with Gasteiger partial charge in [0.2, 0.25) is 11.1 Å². The van der Waals surface area contributed by atoms with Crippen LogP contribution < -0.4 is 20.2 Å². The summed E-state index contributed by atoms with van der Waals surface area (Å²) in [6.45, 7) is 1.87. The Morgan fingerprint density at radius 3 is 2.28 bits per heavy atom. The van der Waals surface area contributed by atoms with Gasteiger partial charge in [-0.3, -0.25) is 4.79 Å². The molecule has 0 fully saturated rings. The molecule has 2 N–H and O–H groups in total. The van der Waals surface area contributed by atoms with Gasteiger partial charge in [-0.2, -0.15) is 0 Å². The minimum absolute atomic E-state index is 0.125. The van der Waals surface area contributed by atoms with Crippen LogP contribution in [-0.2, 0) is 4.79 Å². The summed E-state index contributed by atoms with van der Waals surface area (Å²) in [7, 11) is 3.23. The van der Waals surface area contributed by atoms with Crippen molar-refractivity contribution in [2.75, 3.05) is 25.0 Å². The van der Waals surface area contributed by atoms with Gasteiger partial charge in [0.05, 0.1) is 20.3 Å². The summed E-state index contributed by atoms with van der Waals surface area (Å²) in [6.07, 6.45) is 0. The van der Waals surface area contributed by atoms with Crippen molar-refractivity contribution < 1.29 is 14.3 Å². The Bertz CT molecular complexity index is 1000. The number of carbonyl (C=O) groups excluding carboxylic acids is 1. The largest absolute Gasteiger partial charge is 0.497 e. The zero-order valence-electron chi connectivity index (χ0n) is 16.2. The average molecular weight is 411 g/mol. The highest BCUT2D eigenvalue weighted by Gasteiger charge is 2.37. The fourth-order valence-corrected chi connectivity index (χ4v) is 4.23. The molecule has 1 amide bonds. The number of fused-ring (bicyclic) bond motifs is 1. The van der Waals surface area contributed by atoms with E-state index < -0.39 is 5.25 Å². The topological polar surface area (TPSA) is 90.3 Å². The summed E-state index contributed by atoms with van der Waals surface area (Å²) in [5.74, 6) is 2.11. The summed E-state index contributed by atoms with van der Waals surface area (Å²) in [4.78, 5) is 13.2. The Morgan fingerprint density at radius 2 is 1.66 bits per heavy atom. The number of aromatic nitrogens is 3. The number of rotatable bonds is 5. The number of methoxy groups -OCH3 is 2. The maximum Gasteiger partial charge on any atom is 0.240 e. The van der Waals surface area contributed by atoms with Crippen molar-refractivity contribution in [2.45, 2.75) is 23.4 Å². The van der Waals surface area contributed by atoms with E-state index in [9.17, 15) is 4.79 Å². The molecular weight excluding hydrogens is 390 g/mol. The van der Waals surface area contributed by atoms with Crippen LogP contribution in [0.25, 0.3) is 0 Å². The van der Waals surface area contributed by atoms with Gasteiger partial charge in [0.15, 0.2) is 0 Å². The van der Waals surface area contributed by atoms with Crippen LogP contribution in [0.3, 0.4) is 0 Å². The van der Waals surface area contributed by atoms with Gasteiger partial charge in [0.25, 0.3) is 0 Å². The number of aryl methyl sites for hydroxylation is 1. The monoisotopic (exact) mass is 411 g/mol. The van der Waals surface area contributed by atoms with E-state index in [1.165, 1.54) is 11.8 Å². The summed E-state index contributed by atoms with van der Waals surface area (Å²) in [5, 5.41) is 11.5. The van der Waals surface area contributed by atoms with Crippen LogP contribution in [0, 0.1) is 6.92 Å². The van der Waals surface area contributed by atoms with Crippen LogP contribution in [-0.4, -0.2) is 40.3 Å². The smallest absolute Gasteiger partial charge is 0.240 e. The molecule has 1 aliphatic rings. The molecule has 0 saturated carbocycles. The molecular formula is C20H21N5O3S. The summed E-state index contributed by atoms with van der Waals surface area (Å²) < 4.78 is 12.2. The molecule has 0 bridgehead atoms. The molecule has 150 valence electrons. The Hall–Kier alpha value is -3.20. The quantitative estimate of drug-likeness (QED) is 0.667. The van der Waals surface area contributed by atoms with E-state index in [-0.39, 0.29) is 11.9 Å². The summed E-state index contributed by atoms with van der Waals surface area (Å²) in [5.41, 5.74) is 5.05. The van der Waals surface area contributed by atoms with E-state index in [1.54, 1.807) is 14.2 Å². The average Bonchev–Trinajstić information content (AvgIpc) is 3.13. The summed E-state index contributed by atoms with van der Waals surface area (Å²) >= 11 is 1.38. The molecule has 0 aliphatic carbocycles. The van der Waals surface area contributed by atoms with E-state index in [0.717, 1.165) is 22.9 Å². The predicted octanol–water partition coefficient (Wildman–Crippen LogP) is 3.00. The van der Waals surface area contributed by atoms with Crippen LogP contribution in [0.4, 0.5) is 5.69 Å².